The van der Waals surface area contributed by atoms with Crippen molar-refractivity contribution in [2.24, 2.45) is 11.8 Å². The van der Waals surface area contributed by atoms with Crippen molar-refractivity contribution >= 4 is 11.5 Å². The molecule has 0 amide bonds. The van der Waals surface area contributed by atoms with Crippen LogP contribution in [0.4, 0.5) is 11.5 Å². The summed E-state index contributed by atoms with van der Waals surface area (Å²) >= 11 is 0. The highest BCUT2D eigenvalue weighted by molar-refractivity contribution is 5.50. The number of nitrogens with zero attached hydrogens (tertiary/aromatic N) is 1. The van der Waals surface area contributed by atoms with E-state index < -0.39 is 0 Å². The lowest BCUT2D eigenvalue weighted by molar-refractivity contribution is 0.293. The molecule has 1 aromatic heterocycles. The van der Waals surface area contributed by atoms with E-state index in [9.17, 15) is 0 Å². The molecule has 2 rings (SSSR count). The van der Waals surface area contributed by atoms with Gasteiger partial charge in [-0.3, -0.25) is 0 Å². The second-order valence-corrected chi connectivity index (χ2v) is 5.45. The lowest BCUT2D eigenvalue weighted by Gasteiger charge is -2.27. The van der Waals surface area contributed by atoms with Crippen LogP contribution in [-0.4, -0.2) is 11.5 Å². The van der Waals surface area contributed by atoms with E-state index in [1.165, 1.54) is 25.7 Å². The number of nitrogen functional groups attached to an aromatic ring is 1. The Balaban J connectivity index is 1.88. The van der Waals surface area contributed by atoms with Crippen molar-refractivity contribution in [3.63, 3.8) is 0 Å². The molecule has 3 N–H and O–H groups in total. The van der Waals surface area contributed by atoms with Crippen molar-refractivity contribution in [2.75, 3.05) is 17.6 Å². The molecule has 1 aliphatic rings. The van der Waals surface area contributed by atoms with Gasteiger partial charge in [0.15, 0.2) is 0 Å². The average molecular weight is 233 g/mol. The topological polar surface area (TPSA) is 50.9 Å². The van der Waals surface area contributed by atoms with Crippen molar-refractivity contribution < 1.29 is 0 Å². The third-order valence-electron chi connectivity index (χ3n) is 3.70. The molecule has 3 heteroatoms. The molecule has 2 atom stereocenters. The second kappa shape index (κ2) is 5.39. The normalized spacial score (nSPS) is 24.6. The van der Waals surface area contributed by atoms with Crippen molar-refractivity contribution in [3.05, 3.63) is 17.8 Å². The summed E-state index contributed by atoms with van der Waals surface area (Å²) in [7, 11) is 0. The Morgan fingerprint density at radius 2 is 2.29 bits per heavy atom. The molecule has 0 radical (unpaired) electrons. The zero-order valence-corrected chi connectivity index (χ0v) is 10.9. The molecule has 1 saturated carbocycles. The van der Waals surface area contributed by atoms with Crippen LogP contribution in [0.2, 0.25) is 0 Å². The van der Waals surface area contributed by atoms with Crippen molar-refractivity contribution in [1.82, 2.24) is 4.98 Å². The summed E-state index contributed by atoms with van der Waals surface area (Å²) in [5.41, 5.74) is 7.56. The molecule has 2 unspecified atom stereocenters. The number of nitrogens with one attached hydrogen (secondary N) is 1. The number of aromatic nitrogens is 1. The van der Waals surface area contributed by atoms with Crippen LogP contribution in [0.3, 0.4) is 0 Å². The van der Waals surface area contributed by atoms with Gasteiger partial charge in [0.05, 0.1) is 11.9 Å². The van der Waals surface area contributed by atoms with E-state index in [1.807, 2.05) is 6.07 Å². The van der Waals surface area contributed by atoms with Crippen LogP contribution in [0.15, 0.2) is 12.3 Å². The predicted molar refractivity (Wildman–Crippen MR) is 73.0 cm³/mol. The van der Waals surface area contributed by atoms with Gasteiger partial charge in [-0.1, -0.05) is 19.8 Å². The van der Waals surface area contributed by atoms with E-state index >= 15 is 0 Å². The molecule has 1 heterocycles. The number of hydrogen-bond donors (Lipinski definition) is 2. The Bertz CT molecular complexity index is 376. The van der Waals surface area contributed by atoms with Crippen LogP contribution in [-0.2, 0) is 0 Å². The summed E-state index contributed by atoms with van der Waals surface area (Å²) in [6, 6.07) is 1.97. The summed E-state index contributed by atoms with van der Waals surface area (Å²) < 4.78 is 0. The Hall–Kier alpha value is -1.25. The van der Waals surface area contributed by atoms with Crippen LogP contribution in [0.5, 0.6) is 0 Å². The van der Waals surface area contributed by atoms with E-state index in [0.717, 1.165) is 35.4 Å². The summed E-state index contributed by atoms with van der Waals surface area (Å²) in [4.78, 5) is 4.35. The van der Waals surface area contributed by atoms with Crippen LogP contribution < -0.4 is 11.1 Å². The molecule has 3 nitrogen and oxygen atoms in total. The maximum Gasteiger partial charge on any atom is 0.129 e. The zero-order chi connectivity index (χ0) is 12.3. The van der Waals surface area contributed by atoms with Gasteiger partial charge in [0.2, 0.25) is 0 Å². The molecular weight excluding hydrogens is 210 g/mol. The van der Waals surface area contributed by atoms with Gasteiger partial charge < -0.3 is 11.1 Å². The van der Waals surface area contributed by atoms with E-state index in [0.29, 0.717) is 0 Å². The molecule has 94 valence electrons. The van der Waals surface area contributed by atoms with Crippen molar-refractivity contribution in [3.8, 4) is 0 Å². The minimum Gasteiger partial charge on any atom is -0.397 e. The highest BCUT2D eigenvalue weighted by atomic mass is 15.0. The van der Waals surface area contributed by atoms with E-state index in [4.69, 9.17) is 5.73 Å². The minimum absolute atomic E-state index is 0.735. The van der Waals surface area contributed by atoms with Gasteiger partial charge in [-0.15, -0.1) is 0 Å². The highest BCUT2D eigenvalue weighted by Gasteiger charge is 2.18. The third-order valence-corrected chi connectivity index (χ3v) is 3.70. The molecule has 1 aliphatic carbocycles. The van der Waals surface area contributed by atoms with Gasteiger partial charge in [-0.05, 0) is 43.2 Å². The van der Waals surface area contributed by atoms with Gasteiger partial charge in [0.1, 0.15) is 5.82 Å². The lowest BCUT2D eigenvalue weighted by atomic mass is 9.82. The Morgan fingerprint density at radius 3 is 3.00 bits per heavy atom. The molecule has 0 saturated heterocycles. The maximum absolute atomic E-state index is 5.69. The first-order valence-corrected chi connectivity index (χ1v) is 6.61. The Labute approximate surface area is 104 Å². The smallest absolute Gasteiger partial charge is 0.129 e. The van der Waals surface area contributed by atoms with Crippen molar-refractivity contribution in [2.45, 2.75) is 39.5 Å². The number of aryl methyl sites for hydroxylation is 1. The standard InChI is InChI=1S/C14H23N3/c1-10-4-3-5-12(6-10)8-16-14-11(2)7-13(15)9-17-14/h7,9-10,12H,3-6,8,15H2,1-2H3,(H,16,17). The molecule has 1 fully saturated rings. The van der Waals surface area contributed by atoms with Gasteiger partial charge in [0.25, 0.3) is 0 Å². The molecule has 0 aliphatic heterocycles. The number of hydrogen-bond acceptors (Lipinski definition) is 3. The number of pyridine rings is 1. The van der Waals surface area contributed by atoms with Gasteiger partial charge in [-0.25, -0.2) is 4.98 Å². The predicted octanol–water partition coefficient (Wildman–Crippen LogP) is 3.21. The summed E-state index contributed by atoms with van der Waals surface area (Å²) in [5, 5.41) is 3.46. The van der Waals surface area contributed by atoms with Crippen LogP contribution in [0.1, 0.15) is 38.2 Å². The van der Waals surface area contributed by atoms with Gasteiger partial charge in [0, 0.05) is 6.54 Å². The first kappa shape index (κ1) is 12.2. The first-order chi connectivity index (χ1) is 8.15. The first-order valence-electron chi connectivity index (χ1n) is 6.61. The summed E-state index contributed by atoms with van der Waals surface area (Å²) in [5.74, 6) is 2.67. The summed E-state index contributed by atoms with van der Waals surface area (Å²) in [6.45, 7) is 5.45. The largest absolute Gasteiger partial charge is 0.397 e. The maximum atomic E-state index is 5.69. The molecule has 0 aromatic carbocycles. The molecule has 17 heavy (non-hydrogen) atoms. The van der Waals surface area contributed by atoms with Gasteiger partial charge in [-0.2, -0.15) is 0 Å². The molecule has 0 spiro atoms. The van der Waals surface area contributed by atoms with E-state index in [-0.39, 0.29) is 0 Å². The van der Waals surface area contributed by atoms with E-state index in [2.05, 4.69) is 24.1 Å². The number of rotatable bonds is 3. The fraction of sp³-hybridized carbons (Fsp3) is 0.643. The lowest BCUT2D eigenvalue weighted by Crippen LogP contribution is -2.21. The van der Waals surface area contributed by atoms with Gasteiger partial charge >= 0.3 is 0 Å². The van der Waals surface area contributed by atoms with Crippen LogP contribution in [0.25, 0.3) is 0 Å². The average Bonchev–Trinajstić information content (AvgIpc) is 2.28. The Morgan fingerprint density at radius 1 is 1.47 bits per heavy atom. The molecule has 0 bridgehead atoms. The molecular formula is C14H23N3. The fourth-order valence-electron chi connectivity index (χ4n) is 2.77. The number of anilines is 2. The van der Waals surface area contributed by atoms with Crippen molar-refractivity contribution in [1.29, 1.82) is 0 Å². The van der Waals surface area contributed by atoms with E-state index in [1.54, 1.807) is 6.20 Å². The second-order valence-electron chi connectivity index (χ2n) is 5.45. The summed E-state index contributed by atoms with van der Waals surface area (Å²) in [6.07, 6.45) is 7.20. The fourth-order valence-corrected chi connectivity index (χ4v) is 2.77. The van der Waals surface area contributed by atoms with Crippen LogP contribution >= 0.6 is 0 Å². The highest BCUT2D eigenvalue weighted by Crippen LogP contribution is 2.28. The SMILES string of the molecule is Cc1cc(N)cnc1NCC1CCCC(C)C1. The zero-order valence-electron chi connectivity index (χ0n) is 10.9. The Kier molecular flexibility index (Phi) is 3.87. The quantitative estimate of drug-likeness (QED) is 0.843. The van der Waals surface area contributed by atoms with Crippen LogP contribution in [0, 0.1) is 18.8 Å². The molecule has 1 aromatic rings. The minimum atomic E-state index is 0.735. The monoisotopic (exact) mass is 233 g/mol. The number of nitrogens with two attached hydrogens (primary N) is 1. The third kappa shape index (κ3) is 3.35.